The minimum atomic E-state index is -0.482. The number of amides is 2. The van der Waals surface area contributed by atoms with Gasteiger partial charge in [0.1, 0.15) is 0 Å². The van der Waals surface area contributed by atoms with Gasteiger partial charge in [-0.05, 0) is 31.2 Å². The van der Waals surface area contributed by atoms with E-state index >= 15 is 0 Å². The minimum absolute atomic E-state index is 0.0584. The van der Waals surface area contributed by atoms with Crippen LogP contribution >= 0.6 is 23.4 Å². The van der Waals surface area contributed by atoms with Crippen molar-refractivity contribution in [1.82, 2.24) is 0 Å². The van der Waals surface area contributed by atoms with Gasteiger partial charge in [0.05, 0.1) is 28.3 Å². The van der Waals surface area contributed by atoms with Gasteiger partial charge in [-0.2, -0.15) is 0 Å². The molecule has 5 nitrogen and oxygen atoms in total. The first-order chi connectivity index (χ1) is 12.1. The zero-order valence-corrected chi connectivity index (χ0v) is 15.1. The number of nitrogens with one attached hydrogen (secondary N) is 2. The van der Waals surface area contributed by atoms with E-state index in [4.69, 9.17) is 16.3 Å². The number of ether oxygens (including phenoxy) is 1. The molecule has 1 aliphatic heterocycles. The summed E-state index contributed by atoms with van der Waals surface area (Å²) in [5, 5.41) is 5.57. The van der Waals surface area contributed by atoms with Crippen molar-refractivity contribution in [2.75, 3.05) is 17.2 Å². The molecule has 130 valence electrons. The van der Waals surface area contributed by atoms with E-state index in [1.165, 1.54) is 11.8 Å². The van der Waals surface area contributed by atoms with Crippen LogP contribution in [-0.2, 0) is 9.59 Å². The normalized spacial score (nSPS) is 15.9. The van der Waals surface area contributed by atoms with Gasteiger partial charge in [0.25, 0.3) is 0 Å². The number of carbonyl (C=O) groups is 2. The number of para-hydroxylation sites is 2. The van der Waals surface area contributed by atoms with Crippen molar-refractivity contribution in [3.05, 3.63) is 47.5 Å². The minimum Gasteiger partial charge on any atom is -0.490 e. The van der Waals surface area contributed by atoms with E-state index in [1.54, 1.807) is 18.2 Å². The highest BCUT2D eigenvalue weighted by molar-refractivity contribution is 8.01. The molecule has 1 unspecified atom stereocenters. The van der Waals surface area contributed by atoms with Gasteiger partial charge in [0.2, 0.25) is 11.8 Å². The summed E-state index contributed by atoms with van der Waals surface area (Å²) in [4.78, 5) is 25.6. The Bertz CT molecular complexity index is 813. The average Bonchev–Trinajstić information content (AvgIpc) is 2.58. The van der Waals surface area contributed by atoms with Crippen LogP contribution in [0, 0.1) is 0 Å². The van der Waals surface area contributed by atoms with Gasteiger partial charge < -0.3 is 15.4 Å². The monoisotopic (exact) mass is 376 g/mol. The molecular formula is C18H17ClN2O3S. The van der Waals surface area contributed by atoms with Crippen LogP contribution in [0.3, 0.4) is 0 Å². The van der Waals surface area contributed by atoms with E-state index in [0.29, 0.717) is 23.1 Å². The summed E-state index contributed by atoms with van der Waals surface area (Å²) in [5.74, 6) is -0.00339. The number of fused-ring (bicyclic) bond motifs is 1. The standard InChI is InChI=1S/C18H17ClN2O3S/c1-2-24-17-11(19)6-5-8-13(17)20-16(22)10-15-18(23)21-12-7-3-4-9-14(12)25-15/h3-9,15H,2,10H2,1H3,(H,20,22)(H,21,23). The molecule has 3 rings (SSSR count). The summed E-state index contributed by atoms with van der Waals surface area (Å²) in [5.41, 5.74) is 1.28. The molecule has 1 atom stereocenters. The number of hydrogen-bond donors (Lipinski definition) is 2. The predicted octanol–water partition coefficient (Wildman–Crippen LogP) is 4.18. The Morgan fingerprint density at radius 1 is 1.28 bits per heavy atom. The fourth-order valence-electron chi connectivity index (χ4n) is 2.49. The number of hydrogen-bond acceptors (Lipinski definition) is 4. The van der Waals surface area contributed by atoms with Crippen molar-refractivity contribution in [2.45, 2.75) is 23.5 Å². The molecule has 0 bridgehead atoms. The van der Waals surface area contributed by atoms with Crippen molar-refractivity contribution in [1.29, 1.82) is 0 Å². The Morgan fingerprint density at radius 3 is 2.88 bits per heavy atom. The van der Waals surface area contributed by atoms with Gasteiger partial charge in [-0.15, -0.1) is 11.8 Å². The van der Waals surface area contributed by atoms with E-state index < -0.39 is 5.25 Å². The zero-order valence-electron chi connectivity index (χ0n) is 13.5. The SMILES string of the molecule is CCOc1c(Cl)cccc1NC(=O)CC1Sc2ccccc2NC1=O. The van der Waals surface area contributed by atoms with Crippen LogP contribution in [0.25, 0.3) is 0 Å². The number of halogens is 1. The van der Waals surface area contributed by atoms with Crippen LogP contribution in [0.5, 0.6) is 5.75 Å². The van der Waals surface area contributed by atoms with Gasteiger partial charge in [0, 0.05) is 11.3 Å². The Balaban J connectivity index is 1.70. The lowest BCUT2D eigenvalue weighted by atomic mass is 10.2. The molecule has 0 saturated heterocycles. The lowest BCUT2D eigenvalue weighted by molar-refractivity contribution is -0.120. The topological polar surface area (TPSA) is 67.4 Å². The molecule has 2 aromatic carbocycles. The van der Waals surface area contributed by atoms with E-state index in [1.807, 2.05) is 31.2 Å². The highest BCUT2D eigenvalue weighted by atomic mass is 35.5. The molecule has 25 heavy (non-hydrogen) atoms. The van der Waals surface area contributed by atoms with Crippen molar-refractivity contribution in [3.63, 3.8) is 0 Å². The predicted molar refractivity (Wildman–Crippen MR) is 101 cm³/mol. The van der Waals surface area contributed by atoms with Crippen LogP contribution < -0.4 is 15.4 Å². The maximum Gasteiger partial charge on any atom is 0.238 e. The number of anilines is 2. The third-order valence-corrected chi connectivity index (χ3v) is 5.18. The van der Waals surface area contributed by atoms with Crippen LogP contribution in [0.1, 0.15) is 13.3 Å². The summed E-state index contributed by atoms with van der Waals surface area (Å²) in [6.07, 6.45) is 0.0584. The molecule has 0 spiro atoms. The lowest BCUT2D eigenvalue weighted by Gasteiger charge is -2.23. The first kappa shape index (κ1) is 17.6. The van der Waals surface area contributed by atoms with Gasteiger partial charge >= 0.3 is 0 Å². The van der Waals surface area contributed by atoms with Crippen LogP contribution in [0.15, 0.2) is 47.4 Å². The first-order valence-corrected chi connectivity index (χ1v) is 9.12. The Labute approximate surface area is 155 Å². The number of thioether (sulfide) groups is 1. The van der Waals surface area contributed by atoms with E-state index in [-0.39, 0.29) is 18.2 Å². The highest BCUT2D eigenvalue weighted by Gasteiger charge is 2.29. The molecule has 0 saturated carbocycles. The van der Waals surface area contributed by atoms with Gasteiger partial charge in [0.15, 0.2) is 5.75 Å². The number of carbonyl (C=O) groups excluding carboxylic acids is 2. The Morgan fingerprint density at radius 2 is 2.08 bits per heavy atom. The van der Waals surface area contributed by atoms with E-state index in [2.05, 4.69) is 10.6 Å². The third-order valence-electron chi connectivity index (χ3n) is 3.61. The second kappa shape index (κ2) is 7.80. The average molecular weight is 377 g/mol. The molecular weight excluding hydrogens is 360 g/mol. The molecule has 2 aromatic rings. The molecule has 7 heteroatoms. The first-order valence-electron chi connectivity index (χ1n) is 7.86. The van der Waals surface area contributed by atoms with Crippen LogP contribution in [0.4, 0.5) is 11.4 Å². The zero-order chi connectivity index (χ0) is 17.8. The molecule has 2 N–H and O–H groups in total. The smallest absolute Gasteiger partial charge is 0.238 e. The highest BCUT2D eigenvalue weighted by Crippen LogP contribution is 2.37. The molecule has 0 fully saturated rings. The maximum absolute atomic E-state index is 12.4. The van der Waals surface area contributed by atoms with Gasteiger partial charge in [-0.3, -0.25) is 9.59 Å². The third kappa shape index (κ3) is 4.08. The second-order valence-corrected chi connectivity index (χ2v) is 7.05. The quantitative estimate of drug-likeness (QED) is 0.821. The summed E-state index contributed by atoms with van der Waals surface area (Å²) >= 11 is 7.51. The van der Waals surface area contributed by atoms with E-state index in [0.717, 1.165) is 10.6 Å². The summed E-state index contributed by atoms with van der Waals surface area (Å²) in [7, 11) is 0. The molecule has 0 aliphatic carbocycles. The summed E-state index contributed by atoms with van der Waals surface area (Å²) in [6, 6.07) is 12.7. The van der Waals surface area contributed by atoms with Crippen molar-refractivity contribution < 1.29 is 14.3 Å². The van der Waals surface area contributed by atoms with Gasteiger partial charge in [-0.25, -0.2) is 0 Å². The number of rotatable bonds is 5. The lowest BCUT2D eigenvalue weighted by Crippen LogP contribution is -2.32. The Kier molecular flexibility index (Phi) is 5.50. The number of benzene rings is 2. The van der Waals surface area contributed by atoms with E-state index in [9.17, 15) is 9.59 Å². The van der Waals surface area contributed by atoms with Crippen molar-refractivity contribution >= 4 is 46.6 Å². The molecule has 0 aromatic heterocycles. The van der Waals surface area contributed by atoms with Crippen molar-refractivity contribution in [2.24, 2.45) is 0 Å². The molecule has 1 aliphatic rings. The van der Waals surface area contributed by atoms with Crippen LogP contribution in [-0.4, -0.2) is 23.7 Å². The van der Waals surface area contributed by atoms with Crippen LogP contribution in [0.2, 0.25) is 5.02 Å². The molecule has 2 amide bonds. The largest absolute Gasteiger partial charge is 0.490 e. The fourth-order valence-corrected chi connectivity index (χ4v) is 3.83. The fraction of sp³-hybridized carbons (Fsp3) is 0.222. The van der Waals surface area contributed by atoms with Gasteiger partial charge in [-0.1, -0.05) is 29.8 Å². The summed E-state index contributed by atoms with van der Waals surface area (Å²) < 4.78 is 5.50. The van der Waals surface area contributed by atoms with Crippen molar-refractivity contribution in [3.8, 4) is 5.75 Å². The second-order valence-electron chi connectivity index (χ2n) is 5.39. The maximum atomic E-state index is 12.4. The Hall–Kier alpha value is -2.18. The molecule has 0 radical (unpaired) electrons. The molecule has 1 heterocycles. The summed E-state index contributed by atoms with van der Waals surface area (Å²) in [6.45, 7) is 2.28.